The summed E-state index contributed by atoms with van der Waals surface area (Å²) in [7, 11) is 0. The van der Waals surface area contributed by atoms with Crippen molar-refractivity contribution in [3.8, 4) is 16.8 Å². The fourth-order valence-electron chi connectivity index (χ4n) is 6.13. The highest BCUT2D eigenvalue weighted by atomic mass is 15.0. The van der Waals surface area contributed by atoms with Gasteiger partial charge in [0.15, 0.2) is 0 Å². The molecule has 2 aliphatic rings. The predicted molar refractivity (Wildman–Crippen MR) is 168 cm³/mol. The van der Waals surface area contributed by atoms with Gasteiger partial charge in [0, 0.05) is 51.7 Å². The van der Waals surface area contributed by atoms with Crippen molar-refractivity contribution in [2.24, 2.45) is 4.99 Å². The number of fused-ring (bicyclic) bond motifs is 4. The second-order valence-electron chi connectivity index (χ2n) is 10.5. The lowest BCUT2D eigenvalue weighted by molar-refractivity contribution is 0.803. The highest BCUT2D eigenvalue weighted by molar-refractivity contribution is 6.02. The molecule has 0 saturated heterocycles. The average molecular weight is 530 g/mol. The second kappa shape index (κ2) is 9.72. The van der Waals surface area contributed by atoms with Crippen LogP contribution in [0.1, 0.15) is 35.4 Å². The summed E-state index contributed by atoms with van der Waals surface area (Å²) in [6.45, 7) is 0.809. The molecule has 41 heavy (non-hydrogen) atoms. The maximum Gasteiger partial charge on any atom is 0.0844 e. The molecule has 0 fully saturated rings. The number of nitrogens with one attached hydrogen (secondary N) is 1. The monoisotopic (exact) mass is 529 g/mol. The van der Waals surface area contributed by atoms with Gasteiger partial charge in [0.2, 0.25) is 0 Å². The molecule has 8 rings (SSSR count). The predicted octanol–water partition coefficient (Wildman–Crippen LogP) is 7.94. The summed E-state index contributed by atoms with van der Waals surface area (Å²) in [6, 6.07) is 32.0. The summed E-state index contributed by atoms with van der Waals surface area (Å²) in [5.74, 6) is 0. The molecule has 5 heterocycles. The van der Waals surface area contributed by atoms with Crippen molar-refractivity contribution in [1.82, 2.24) is 19.9 Å². The quantitative estimate of drug-likeness (QED) is 0.252. The smallest absolute Gasteiger partial charge is 0.0844 e. The number of aliphatic imine (C=N–C) groups is 1. The van der Waals surface area contributed by atoms with Crippen molar-refractivity contribution < 1.29 is 0 Å². The number of allylic oxidation sites excluding steroid dienone is 1. The van der Waals surface area contributed by atoms with Crippen molar-refractivity contribution in [2.75, 3.05) is 0 Å². The minimum atomic E-state index is 0.809. The number of hydrogen-bond donors (Lipinski definition) is 1. The van der Waals surface area contributed by atoms with Crippen LogP contribution in [0.2, 0.25) is 0 Å². The Morgan fingerprint density at radius 3 is 2.61 bits per heavy atom. The highest BCUT2D eigenvalue weighted by Crippen LogP contribution is 2.34. The highest BCUT2D eigenvalue weighted by Gasteiger charge is 2.19. The van der Waals surface area contributed by atoms with E-state index in [0.717, 1.165) is 52.8 Å². The average Bonchev–Trinajstić information content (AvgIpc) is 3.39. The first kappa shape index (κ1) is 23.6. The Hall–Kier alpha value is -5.29. The SMILES string of the molecule is C1=Cc2c(n(-c3cccc(C4=CN=C(c5ccc(-c6cccc7cccnc67)cn5)CC4)c3)c3ccccc23)CN1. The van der Waals surface area contributed by atoms with Crippen LogP contribution in [0, 0.1) is 0 Å². The van der Waals surface area contributed by atoms with Crippen molar-refractivity contribution in [3.63, 3.8) is 0 Å². The van der Waals surface area contributed by atoms with Gasteiger partial charge in [-0.1, -0.05) is 60.7 Å². The molecule has 0 amide bonds. The third kappa shape index (κ3) is 4.05. The molecule has 0 bridgehead atoms. The molecule has 1 N–H and O–H groups in total. The van der Waals surface area contributed by atoms with Crippen LogP contribution in [0.4, 0.5) is 0 Å². The van der Waals surface area contributed by atoms with E-state index in [1.54, 1.807) is 0 Å². The summed E-state index contributed by atoms with van der Waals surface area (Å²) < 4.78 is 2.39. The fraction of sp³-hybridized carbons (Fsp3) is 0.0833. The number of para-hydroxylation sites is 2. The first-order valence-electron chi connectivity index (χ1n) is 14.0. The van der Waals surface area contributed by atoms with Crippen LogP contribution in [0.25, 0.3) is 50.3 Å². The molecule has 3 aromatic carbocycles. The van der Waals surface area contributed by atoms with Crippen molar-refractivity contribution in [2.45, 2.75) is 19.4 Å². The van der Waals surface area contributed by atoms with Gasteiger partial charge in [-0.25, -0.2) is 0 Å². The molecular weight excluding hydrogens is 502 g/mol. The number of rotatable bonds is 4. The summed E-state index contributed by atoms with van der Waals surface area (Å²) in [5.41, 5.74) is 12.6. The maximum atomic E-state index is 4.88. The van der Waals surface area contributed by atoms with Crippen LogP contribution in [-0.4, -0.2) is 20.2 Å². The van der Waals surface area contributed by atoms with E-state index in [9.17, 15) is 0 Å². The summed E-state index contributed by atoms with van der Waals surface area (Å²) in [4.78, 5) is 14.3. The lowest BCUT2D eigenvalue weighted by Crippen LogP contribution is -2.13. The molecule has 0 atom stereocenters. The molecule has 0 spiro atoms. The van der Waals surface area contributed by atoms with Gasteiger partial charge >= 0.3 is 0 Å². The number of aromatic nitrogens is 3. The lowest BCUT2D eigenvalue weighted by atomic mass is 9.96. The van der Waals surface area contributed by atoms with Crippen LogP contribution in [0.5, 0.6) is 0 Å². The summed E-state index contributed by atoms with van der Waals surface area (Å²) in [6.07, 6.45) is 11.8. The van der Waals surface area contributed by atoms with E-state index < -0.39 is 0 Å². The number of pyridine rings is 2. The third-order valence-electron chi connectivity index (χ3n) is 8.14. The van der Waals surface area contributed by atoms with Crippen LogP contribution < -0.4 is 5.32 Å². The Kier molecular flexibility index (Phi) is 5.59. The Morgan fingerprint density at radius 2 is 1.71 bits per heavy atom. The molecule has 196 valence electrons. The first-order valence-corrected chi connectivity index (χ1v) is 14.0. The molecular formula is C36H27N5. The summed E-state index contributed by atoms with van der Waals surface area (Å²) >= 11 is 0. The van der Waals surface area contributed by atoms with E-state index in [-0.39, 0.29) is 0 Å². The largest absolute Gasteiger partial charge is 0.385 e. The van der Waals surface area contributed by atoms with Crippen LogP contribution in [0.3, 0.4) is 0 Å². The van der Waals surface area contributed by atoms with Crippen molar-refractivity contribution in [3.05, 3.63) is 138 Å². The molecule has 0 saturated carbocycles. The number of hydrogen-bond acceptors (Lipinski definition) is 4. The van der Waals surface area contributed by atoms with Crippen molar-refractivity contribution in [1.29, 1.82) is 0 Å². The first-order chi connectivity index (χ1) is 20.3. The Bertz CT molecular complexity index is 2040. The second-order valence-corrected chi connectivity index (χ2v) is 10.5. The van der Waals surface area contributed by atoms with Gasteiger partial charge in [-0.05, 0) is 66.6 Å². The zero-order chi connectivity index (χ0) is 27.2. The number of benzene rings is 3. The normalized spacial score (nSPS) is 14.4. The molecule has 2 aliphatic heterocycles. The Labute approximate surface area is 238 Å². The van der Waals surface area contributed by atoms with Gasteiger partial charge in [-0.3, -0.25) is 15.0 Å². The van der Waals surface area contributed by atoms with E-state index in [4.69, 9.17) is 9.98 Å². The van der Waals surface area contributed by atoms with Gasteiger partial charge in [0.25, 0.3) is 0 Å². The molecule has 5 nitrogen and oxygen atoms in total. The van der Waals surface area contributed by atoms with Gasteiger partial charge in [0.1, 0.15) is 0 Å². The van der Waals surface area contributed by atoms with Crippen LogP contribution in [0.15, 0.2) is 121 Å². The zero-order valence-corrected chi connectivity index (χ0v) is 22.5. The van der Waals surface area contributed by atoms with Gasteiger partial charge in [0.05, 0.1) is 34.7 Å². The molecule has 5 heteroatoms. The fourth-order valence-corrected chi connectivity index (χ4v) is 6.13. The number of nitrogens with zero attached hydrogens (tertiary/aromatic N) is 4. The van der Waals surface area contributed by atoms with E-state index >= 15 is 0 Å². The minimum Gasteiger partial charge on any atom is -0.385 e. The zero-order valence-electron chi connectivity index (χ0n) is 22.5. The van der Waals surface area contributed by atoms with E-state index in [1.165, 1.54) is 39.0 Å². The third-order valence-corrected chi connectivity index (χ3v) is 8.14. The van der Waals surface area contributed by atoms with Crippen LogP contribution >= 0.6 is 0 Å². The maximum absolute atomic E-state index is 4.88. The topological polar surface area (TPSA) is 55.1 Å². The van der Waals surface area contributed by atoms with Gasteiger partial charge < -0.3 is 9.88 Å². The standard InChI is InChI=1S/C36H27N5/c1-2-12-34-30(10-1)31-17-19-37-23-35(31)41(34)28-9-3-7-25(20-28)26-13-15-32(39-21-26)33-16-14-27(22-40-33)29-11-4-6-24-8-5-18-38-36(24)29/h1-12,14,16-22,37H,13,15,23H2. The van der Waals surface area contributed by atoms with Gasteiger partial charge in [-0.15, -0.1) is 0 Å². The lowest BCUT2D eigenvalue weighted by Gasteiger charge is -2.17. The van der Waals surface area contributed by atoms with E-state index in [2.05, 4.69) is 106 Å². The molecule has 0 unspecified atom stereocenters. The van der Waals surface area contributed by atoms with Crippen LogP contribution in [-0.2, 0) is 6.54 Å². The summed E-state index contributed by atoms with van der Waals surface area (Å²) in [5, 5.41) is 5.81. The van der Waals surface area contributed by atoms with E-state index in [1.807, 2.05) is 30.9 Å². The van der Waals surface area contributed by atoms with Gasteiger partial charge in [-0.2, -0.15) is 0 Å². The molecule has 6 aromatic rings. The van der Waals surface area contributed by atoms with Crippen molar-refractivity contribution >= 4 is 39.2 Å². The van der Waals surface area contributed by atoms with E-state index in [0.29, 0.717) is 0 Å². The Balaban J connectivity index is 1.10. The Morgan fingerprint density at radius 1 is 0.780 bits per heavy atom. The minimum absolute atomic E-state index is 0.809. The molecule has 0 radical (unpaired) electrons. The molecule has 0 aliphatic carbocycles. The molecule has 3 aromatic heterocycles.